The Morgan fingerprint density at radius 2 is 2.06 bits per heavy atom. The molecule has 1 unspecified atom stereocenters. The second kappa shape index (κ2) is 9.50. The smallest absolute Gasteiger partial charge is 0.272 e. The first-order chi connectivity index (χ1) is 15.1. The summed E-state index contributed by atoms with van der Waals surface area (Å²) < 4.78 is 5.76. The number of pyridine rings is 1. The highest BCUT2D eigenvalue weighted by molar-refractivity contribution is 6.30. The maximum atomic E-state index is 12.8. The SMILES string of the molecule is CCOc1ccccc1-c1ccc(C2CCN(C(=O)c3ccc(Cl)cn3)C2)c(CO)c1. The molecule has 1 fully saturated rings. The molecule has 6 heteroatoms. The van der Waals surface area contributed by atoms with E-state index in [9.17, 15) is 9.90 Å². The van der Waals surface area contributed by atoms with Gasteiger partial charge in [-0.2, -0.15) is 0 Å². The van der Waals surface area contributed by atoms with E-state index in [0.717, 1.165) is 34.4 Å². The van der Waals surface area contributed by atoms with Crippen LogP contribution in [0.4, 0.5) is 0 Å². The predicted molar refractivity (Wildman–Crippen MR) is 121 cm³/mol. The number of aliphatic hydroxyl groups is 1. The van der Waals surface area contributed by atoms with Gasteiger partial charge in [-0.15, -0.1) is 0 Å². The van der Waals surface area contributed by atoms with E-state index in [1.54, 1.807) is 12.1 Å². The number of rotatable bonds is 6. The second-order valence-corrected chi connectivity index (χ2v) is 8.04. The summed E-state index contributed by atoms with van der Waals surface area (Å²) >= 11 is 5.88. The maximum Gasteiger partial charge on any atom is 0.272 e. The lowest BCUT2D eigenvalue weighted by atomic mass is 9.90. The summed E-state index contributed by atoms with van der Waals surface area (Å²) in [7, 11) is 0. The van der Waals surface area contributed by atoms with Crippen LogP contribution >= 0.6 is 11.6 Å². The lowest BCUT2D eigenvalue weighted by Gasteiger charge is -2.19. The van der Waals surface area contributed by atoms with Crippen LogP contribution in [-0.4, -0.2) is 40.6 Å². The molecule has 0 radical (unpaired) electrons. The number of nitrogens with zero attached hydrogens (tertiary/aromatic N) is 2. The quantitative estimate of drug-likeness (QED) is 0.595. The van der Waals surface area contributed by atoms with Gasteiger partial charge in [0, 0.05) is 30.8 Å². The summed E-state index contributed by atoms with van der Waals surface area (Å²) in [6.07, 6.45) is 2.34. The molecule has 160 valence electrons. The Balaban J connectivity index is 1.55. The van der Waals surface area contributed by atoms with Gasteiger partial charge in [0.05, 0.1) is 18.2 Å². The fraction of sp³-hybridized carbons (Fsp3) is 0.280. The van der Waals surface area contributed by atoms with Gasteiger partial charge in [0.15, 0.2) is 0 Å². The fourth-order valence-corrected chi connectivity index (χ4v) is 4.27. The van der Waals surface area contributed by atoms with Gasteiger partial charge in [-0.25, -0.2) is 4.98 Å². The van der Waals surface area contributed by atoms with Crippen LogP contribution in [0.25, 0.3) is 11.1 Å². The molecule has 1 aromatic heterocycles. The number of hydrogen-bond acceptors (Lipinski definition) is 4. The van der Waals surface area contributed by atoms with Crippen molar-refractivity contribution in [3.8, 4) is 16.9 Å². The van der Waals surface area contributed by atoms with E-state index in [1.165, 1.54) is 6.20 Å². The Bertz CT molecular complexity index is 1070. The van der Waals surface area contributed by atoms with E-state index in [0.29, 0.717) is 30.4 Å². The molecule has 4 rings (SSSR count). The minimum absolute atomic E-state index is 0.0524. The van der Waals surface area contributed by atoms with E-state index in [4.69, 9.17) is 16.3 Å². The van der Waals surface area contributed by atoms with Gasteiger partial charge in [-0.1, -0.05) is 41.9 Å². The van der Waals surface area contributed by atoms with Gasteiger partial charge in [0.2, 0.25) is 0 Å². The summed E-state index contributed by atoms with van der Waals surface area (Å²) in [4.78, 5) is 18.8. The first-order valence-electron chi connectivity index (χ1n) is 10.5. The van der Waals surface area contributed by atoms with Gasteiger partial charge in [0.1, 0.15) is 11.4 Å². The third kappa shape index (κ3) is 4.58. The topological polar surface area (TPSA) is 62.7 Å². The minimum atomic E-state index is -0.0908. The summed E-state index contributed by atoms with van der Waals surface area (Å²) in [5.74, 6) is 0.913. The number of likely N-dealkylation sites (tertiary alicyclic amines) is 1. The highest BCUT2D eigenvalue weighted by Gasteiger charge is 2.30. The Morgan fingerprint density at radius 3 is 2.81 bits per heavy atom. The molecule has 1 aliphatic rings. The molecular weight excluding hydrogens is 412 g/mol. The third-order valence-electron chi connectivity index (χ3n) is 5.67. The van der Waals surface area contributed by atoms with Crippen molar-refractivity contribution in [2.75, 3.05) is 19.7 Å². The van der Waals surface area contributed by atoms with Crippen molar-refractivity contribution in [1.82, 2.24) is 9.88 Å². The van der Waals surface area contributed by atoms with Gasteiger partial charge in [-0.3, -0.25) is 4.79 Å². The van der Waals surface area contributed by atoms with Gasteiger partial charge >= 0.3 is 0 Å². The second-order valence-electron chi connectivity index (χ2n) is 7.60. The molecule has 1 aliphatic heterocycles. The number of carbonyl (C=O) groups is 1. The number of carbonyl (C=O) groups excluding carboxylic acids is 1. The summed E-state index contributed by atoms with van der Waals surface area (Å²) in [6.45, 7) is 3.77. The van der Waals surface area contributed by atoms with Crippen LogP contribution < -0.4 is 4.74 Å². The standard InChI is InChI=1S/C25H25ClN2O3/c1-2-31-24-6-4-3-5-22(24)17-7-9-21(19(13-17)16-29)18-11-12-28(15-18)25(30)23-10-8-20(26)14-27-23/h3-10,13-14,18,29H,2,11-12,15-16H2,1H3. The molecule has 1 atom stereocenters. The fourth-order valence-electron chi connectivity index (χ4n) is 4.16. The minimum Gasteiger partial charge on any atom is -0.493 e. The lowest BCUT2D eigenvalue weighted by Crippen LogP contribution is -2.29. The summed E-state index contributed by atoms with van der Waals surface area (Å²) in [5, 5.41) is 10.6. The zero-order chi connectivity index (χ0) is 21.8. The van der Waals surface area contributed by atoms with E-state index in [2.05, 4.69) is 17.1 Å². The van der Waals surface area contributed by atoms with E-state index < -0.39 is 0 Å². The molecule has 1 amide bonds. The number of hydrogen-bond donors (Lipinski definition) is 1. The molecule has 0 bridgehead atoms. The monoisotopic (exact) mass is 436 g/mol. The van der Waals surface area contributed by atoms with Crippen molar-refractivity contribution < 1.29 is 14.6 Å². The van der Waals surface area contributed by atoms with Crippen LogP contribution in [0.3, 0.4) is 0 Å². The van der Waals surface area contributed by atoms with Crippen LogP contribution in [0.1, 0.15) is 40.9 Å². The highest BCUT2D eigenvalue weighted by atomic mass is 35.5. The Morgan fingerprint density at radius 1 is 1.23 bits per heavy atom. The average molecular weight is 437 g/mol. The first kappa shape index (κ1) is 21.3. The molecule has 2 heterocycles. The number of amides is 1. The molecule has 31 heavy (non-hydrogen) atoms. The zero-order valence-electron chi connectivity index (χ0n) is 17.4. The molecule has 0 aliphatic carbocycles. The summed E-state index contributed by atoms with van der Waals surface area (Å²) in [6, 6.07) is 17.4. The number of para-hydroxylation sites is 1. The summed E-state index contributed by atoms with van der Waals surface area (Å²) in [5.41, 5.74) is 4.37. The van der Waals surface area contributed by atoms with Crippen LogP contribution in [-0.2, 0) is 6.61 Å². The Hall–Kier alpha value is -2.89. The number of ether oxygens (including phenoxy) is 1. The van der Waals surface area contributed by atoms with Crippen molar-refractivity contribution in [3.63, 3.8) is 0 Å². The largest absolute Gasteiger partial charge is 0.493 e. The number of aliphatic hydroxyl groups excluding tert-OH is 1. The molecule has 1 saturated heterocycles. The maximum absolute atomic E-state index is 12.8. The highest BCUT2D eigenvalue weighted by Crippen LogP contribution is 2.35. The average Bonchev–Trinajstić information content (AvgIpc) is 3.29. The van der Waals surface area contributed by atoms with Crippen molar-refractivity contribution in [2.24, 2.45) is 0 Å². The lowest BCUT2D eigenvalue weighted by molar-refractivity contribution is 0.0785. The Kier molecular flexibility index (Phi) is 6.54. The van der Waals surface area contributed by atoms with Crippen LogP contribution in [0, 0.1) is 0 Å². The molecule has 2 aromatic carbocycles. The van der Waals surface area contributed by atoms with Crippen molar-refractivity contribution >= 4 is 17.5 Å². The third-order valence-corrected chi connectivity index (χ3v) is 5.90. The van der Waals surface area contributed by atoms with Crippen molar-refractivity contribution in [3.05, 3.63) is 82.6 Å². The molecule has 0 saturated carbocycles. The molecule has 3 aromatic rings. The van der Waals surface area contributed by atoms with Crippen LogP contribution in [0.5, 0.6) is 5.75 Å². The van der Waals surface area contributed by atoms with Gasteiger partial charge in [-0.05, 0) is 54.3 Å². The molecule has 0 spiro atoms. The zero-order valence-corrected chi connectivity index (χ0v) is 18.2. The van der Waals surface area contributed by atoms with Crippen molar-refractivity contribution in [2.45, 2.75) is 25.9 Å². The predicted octanol–water partition coefficient (Wildman–Crippen LogP) is 4.92. The first-order valence-corrected chi connectivity index (χ1v) is 10.8. The van der Waals surface area contributed by atoms with Crippen LogP contribution in [0.15, 0.2) is 60.8 Å². The van der Waals surface area contributed by atoms with Crippen molar-refractivity contribution in [1.29, 1.82) is 0 Å². The number of halogens is 1. The molecule has 5 nitrogen and oxygen atoms in total. The number of aromatic nitrogens is 1. The molecule has 1 N–H and O–H groups in total. The Labute approximate surface area is 187 Å². The van der Waals surface area contributed by atoms with E-state index in [-0.39, 0.29) is 18.4 Å². The molecular formula is C25H25ClN2O3. The number of benzene rings is 2. The van der Waals surface area contributed by atoms with E-state index >= 15 is 0 Å². The van der Waals surface area contributed by atoms with Gasteiger partial charge < -0.3 is 14.7 Å². The normalized spacial score (nSPS) is 15.8. The van der Waals surface area contributed by atoms with Crippen LogP contribution in [0.2, 0.25) is 5.02 Å². The van der Waals surface area contributed by atoms with E-state index in [1.807, 2.05) is 42.2 Å². The van der Waals surface area contributed by atoms with Gasteiger partial charge in [0.25, 0.3) is 5.91 Å².